The third kappa shape index (κ3) is 4.60. The molecule has 0 radical (unpaired) electrons. The van der Waals surface area contributed by atoms with E-state index in [0.29, 0.717) is 29.3 Å². The second-order valence-electron chi connectivity index (χ2n) is 7.12. The van der Waals surface area contributed by atoms with Crippen LogP contribution in [0, 0.1) is 17.1 Å². The molecule has 8 nitrogen and oxygen atoms in total. The predicted octanol–water partition coefficient (Wildman–Crippen LogP) is 2.51. The van der Waals surface area contributed by atoms with Gasteiger partial charge in [0.05, 0.1) is 24.2 Å². The van der Waals surface area contributed by atoms with Gasteiger partial charge in [-0.1, -0.05) is 0 Å². The molecular weight excluding hydrogens is 385 g/mol. The Balaban J connectivity index is 1.34. The number of pyridine rings is 2. The minimum atomic E-state index is -0.401. The molecule has 4 heterocycles. The van der Waals surface area contributed by atoms with Crippen LogP contribution < -0.4 is 10.2 Å². The molecule has 0 aromatic carbocycles. The molecule has 0 spiro atoms. The van der Waals surface area contributed by atoms with E-state index in [4.69, 9.17) is 5.26 Å². The lowest BCUT2D eigenvalue weighted by Gasteiger charge is -2.17. The molecule has 152 valence electrons. The molecule has 1 aliphatic heterocycles. The highest BCUT2D eigenvalue weighted by Gasteiger charge is 2.18. The quantitative estimate of drug-likeness (QED) is 0.676. The van der Waals surface area contributed by atoms with E-state index in [1.807, 2.05) is 11.0 Å². The zero-order valence-corrected chi connectivity index (χ0v) is 16.3. The van der Waals surface area contributed by atoms with Gasteiger partial charge >= 0.3 is 0 Å². The summed E-state index contributed by atoms with van der Waals surface area (Å²) in [5.74, 6) is 0.0517. The molecule has 1 amide bonds. The Kier molecular flexibility index (Phi) is 5.66. The summed E-state index contributed by atoms with van der Waals surface area (Å²) in [7, 11) is 0. The molecule has 1 saturated heterocycles. The summed E-state index contributed by atoms with van der Waals surface area (Å²) >= 11 is 0. The highest BCUT2D eigenvalue weighted by atomic mass is 19.1. The molecule has 4 rings (SSSR count). The van der Waals surface area contributed by atoms with Crippen molar-refractivity contribution in [2.75, 3.05) is 23.3 Å². The first-order chi connectivity index (χ1) is 14.6. The van der Waals surface area contributed by atoms with Crippen LogP contribution in [-0.4, -0.2) is 38.7 Å². The normalized spacial score (nSPS) is 13.3. The molecule has 3 aromatic heterocycles. The maximum atomic E-state index is 14.4. The van der Waals surface area contributed by atoms with Gasteiger partial charge in [0.25, 0.3) is 0 Å². The van der Waals surface area contributed by atoms with Crippen LogP contribution in [0.4, 0.5) is 16.0 Å². The lowest BCUT2D eigenvalue weighted by molar-refractivity contribution is -0.115. The van der Waals surface area contributed by atoms with E-state index in [0.717, 1.165) is 31.6 Å². The third-order valence-corrected chi connectivity index (χ3v) is 4.83. The molecule has 9 heteroatoms. The Morgan fingerprint density at radius 1 is 1.20 bits per heavy atom. The van der Waals surface area contributed by atoms with Crippen LogP contribution in [0.25, 0.3) is 0 Å². The Bertz CT molecular complexity index is 1080. The fourth-order valence-corrected chi connectivity index (χ4v) is 3.37. The monoisotopic (exact) mass is 405 g/mol. The van der Waals surface area contributed by atoms with Gasteiger partial charge in [-0.25, -0.2) is 9.37 Å². The molecule has 1 fully saturated rings. The molecule has 0 aliphatic carbocycles. The molecular formula is C21H20FN7O. The van der Waals surface area contributed by atoms with Crippen molar-refractivity contribution < 1.29 is 9.18 Å². The molecule has 1 aliphatic rings. The average Bonchev–Trinajstić information content (AvgIpc) is 3.41. The zero-order valence-electron chi connectivity index (χ0n) is 16.3. The number of nitriles is 1. The van der Waals surface area contributed by atoms with Gasteiger partial charge in [0.2, 0.25) is 5.91 Å². The van der Waals surface area contributed by atoms with Crippen molar-refractivity contribution in [2.45, 2.75) is 25.8 Å². The van der Waals surface area contributed by atoms with Crippen molar-refractivity contribution in [1.29, 1.82) is 5.26 Å². The molecule has 3 aromatic rings. The fourth-order valence-electron chi connectivity index (χ4n) is 3.37. The van der Waals surface area contributed by atoms with Crippen LogP contribution in [0.1, 0.15) is 29.7 Å². The van der Waals surface area contributed by atoms with Gasteiger partial charge in [-0.2, -0.15) is 10.4 Å². The van der Waals surface area contributed by atoms with E-state index in [2.05, 4.69) is 20.4 Å². The van der Waals surface area contributed by atoms with Crippen LogP contribution in [-0.2, 0) is 17.8 Å². The number of anilines is 2. The Morgan fingerprint density at radius 2 is 2.03 bits per heavy atom. The summed E-state index contributed by atoms with van der Waals surface area (Å²) in [6, 6.07) is 8.52. The number of halogens is 1. The molecule has 1 N–H and O–H groups in total. The van der Waals surface area contributed by atoms with Gasteiger partial charge in [-0.3, -0.25) is 14.5 Å². The number of nitrogens with zero attached hydrogens (tertiary/aromatic N) is 6. The summed E-state index contributed by atoms with van der Waals surface area (Å²) in [5.41, 5.74) is 1.75. The van der Waals surface area contributed by atoms with E-state index < -0.39 is 5.82 Å². The summed E-state index contributed by atoms with van der Waals surface area (Å²) in [6.07, 6.45) is 6.86. The average molecular weight is 405 g/mol. The number of carbonyl (C=O) groups excluding carboxylic acids is 1. The van der Waals surface area contributed by atoms with E-state index >= 15 is 0 Å². The topological polar surface area (TPSA) is 99.7 Å². The largest absolute Gasteiger partial charge is 0.354 e. The summed E-state index contributed by atoms with van der Waals surface area (Å²) in [4.78, 5) is 22.6. The second-order valence-corrected chi connectivity index (χ2v) is 7.12. The fraction of sp³-hybridized carbons (Fsp3) is 0.286. The molecule has 0 atom stereocenters. The van der Waals surface area contributed by atoms with E-state index in [-0.39, 0.29) is 12.3 Å². The zero-order chi connectivity index (χ0) is 20.9. The number of hydrogen-bond donors (Lipinski definition) is 1. The van der Waals surface area contributed by atoms with E-state index in [1.54, 1.807) is 35.3 Å². The van der Waals surface area contributed by atoms with Crippen LogP contribution in [0.5, 0.6) is 0 Å². The number of nitrogens with one attached hydrogen (secondary N) is 1. The molecule has 0 saturated carbocycles. The predicted molar refractivity (Wildman–Crippen MR) is 108 cm³/mol. The highest BCUT2D eigenvalue weighted by molar-refractivity contribution is 5.91. The molecule has 30 heavy (non-hydrogen) atoms. The van der Waals surface area contributed by atoms with Crippen molar-refractivity contribution in [2.24, 2.45) is 0 Å². The first kappa shape index (κ1) is 19.5. The van der Waals surface area contributed by atoms with Gasteiger partial charge in [-0.05, 0) is 36.6 Å². The van der Waals surface area contributed by atoms with Gasteiger partial charge in [0.15, 0.2) is 17.5 Å². The SMILES string of the molecule is N#Cc1ccc(Cn2ccc(NC(=O)Cc3cnc(N4CCCC4)c(F)c3)n2)nc1. The second kappa shape index (κ2) is 8.69. The maximum absolute atomic E-state index is 14.4. The van der Waals surface area contributed by atoms with Crippen molar-refractivity contribution in [1.82, 2.24) is 19.7 Å². The summed E-state index contributed by atoms with van der Waals surface area (Å²) in [5, 5.41) is 15.8. The van der Waals surface area contributed by atoms with Gasteiger partial charge in [0.1, 0.15) is 6.07 Å². The minimum absolute atomic E-state index is 0.00817. The van der Waals surface area contributed by atoms with E-state index in [1.165, 1.54) is 12.3 Å². The van der Waals surface area contributed by atoms with Gasteiger partial charge in [-0.15, -0.1) is 0 Å². The first-order valence-corrected chi connectivity index (χ1v) is 9.68. The maximum Gasteiger partial charge on any atom is 0.230 e. The summed E-state index contributed by atoms with van der Waals surface area (Å²) < 4.78 is 16.0. The Morgan fingerprint density at radius 3 is 2.73 bits per heavy atom. The number of carbonyl (C=O) groups is 1. The minimum Gasteiger partial charge on any atom is -0.354 e. The van der Waals surface area contributed by atoms with Crippen LogP contribution >= 0.6 is 0 Å². The Hall–Kier alpha value is -3.80. The van der Waals surface area contributed by atoms with Crippen LogP contribution in [0.15, 0.2) is 42.9 Å². The summed E-state index contributed by atoms with van der Waals surface area (Å²) in [6.45, 7) is 2.03. The van der Waals surface area contributed by atoms with Crippen molar-refractivity contribution in [3.05, 3.63) is 65.5 Å². The lowest BCUT2D eigenvalue weighted by atomic mass is 10.2. The van der Waals surface area contributed by atoms with Crippen LogP contribution in [0.2, 0.25) is 0 Å². The number of hydrogen-bond acceptors (Lipinski definition) is 6. The Labute approximate surface area is 173 Å². The van der Waals surface area contributed by atoms with Gasteiger partial charge < -0.3 is 10.2 Å². The first-order valence-electron chi connectivity index (χ1n) is 9.68. The number of rotatable bonds is 6. The third-order valence-electron chi connectivity index (χ3n) is 4.83. The van der Waals surface area contributed by atoms with E-state index in [9.17, 15) is 9.18 Å². The standard InChI is InChI=1S/C21H20FN7O/c22-18-9-16(13-25-21(18)28-6-1-2-7-28)10-20(30)26-19-5-8-29(27-19)14-17-4-3-15(11-23)12-24-17/h3-5,8-9,12-13H,1-2,6-7,10,14H2,(H,26,27,30). The molecule has 0 bridgehead atoms. The van der Waals surface area contributed by atoms with Crippen molar-refractivity contribution in [3.63, 3.8) is 0 Å². The van der Waals surface area contributed by atoms with Crippen molar-refractivity contribution in [3.8, 4) is 6.07 Å². The smallest absolute Gasteiger partial charge is 0.230 e. The highest BCUT2D eigenvalue weighted by Crippen LogP contribution is 2.22. The number of aromatic nitrogens is 4. The number of amides is 1. The molecule has 0 unspecified atom stereocenters. The lowest BCUT2D eigenvalue weighted by Crippen LogP contribution is -2.21. The van der Waals surface area contributed by atoms with Crippen LogP contribution in [0.3, 0.4) is 0 Å². The van der Waals surface area contributed by atoms with Crippen molar-refractivity contribution >= 4 is 17.5 Å². The van der Waals surface area contributed by atoms with Gasteiger partial charge in [0, 0.05) is 37.7 Å².